The first-order valence-corrected chi connectivity index (χ1v) is 9.04. The van der Waals surface area contributed by atoms with E-state index in [2.05, 4.69) is 15.3 Å². The van der Waals surface area contributed by atoms with Gasteiger partial charge in [0.1, 0.15) is 11.5 Å². The standard InChI is InChI=1S/C19H21F4N5O/c1-8(2)29-18-12(7-24)17(27-10-4-5-10)15(20)16(28-18)11-6-13(25)26-9(3)14(11)19(21,22)23/h6-8,10,24H,4-5H2,1-3H3,(H2,25,26)(H,27,28). The lowest BCUT2D eigenvalue weighted by Gasteiger charge is -2.21. The molecule has 0 aliphatic heterocycles. The lowest BCUT2D eigenvalue weighted by molar-refractivity contribution is -0.137. The van der Waals surface area contributed by atoms with Gasteiger partial charge in [0.15, 0.2) is 5.82 Å². The van der Waals surface area contributed by atoms with E-state index in [1.54, 1.807) is 13.8 Å². The van der Waals surface area contributed by atoms with E-state index >= 15 is 4.39 Å². The Morgan fingerprint density at radius 2 is 1.97 bits per heavy atom. The number of anilines is 2. The van der Waals surface area contributed by atoms with Crippen LogP contribution in [-0.4, -0.2) is 28.3 Å². The summed E-state index contributed by atoms with van der Waals surface area (Å²) in [6.45, 7) is 4.55. The number of hydrogen-bond acceptors (Lipinski definition) is 6. The molecule has 2 heterocycles. The van der Waals surface area contributed by atoms with Crippen molar-refractivity contribution in [3.63, 3.8) is 0 Å². The molecule has 2 aromatic rings. The average Bonchev–Trinajstić information content (AvgIpc) is 3.39. The normalized spacial score (nSPS) is 14.2. The van der Waals surface area contributed by atoms with Gasteiger partial charge in [-0.15, -0.1) is 0 Å². The third-order valence-electron chi connectivity index (χ3n) is 4.32. The van der Waals surface area contributed by atoms with E-state index in [1.807, 2.05) is 0 Å². The zero-order valence-corrected chi connectivity index (χ0v) is 16.1. The second kappa shape index (κ2) is 7.49. The molecule has 0 spiro atoms. The maximum Gasteiger partial charge on any atom is 0.418 e. The highest BCUT2D eigenvalue weighted by molar-refractivity contribution is 5.91. The van der Waals surface area contributed by atoms with Gasteiger partial charge in [-0.3, -0.25) is 0 Å². The summed E-state index contributed by atoms with van der Waals surface area (Å²) in [6.07, 6.45) is -2.72. The molecule has 0 radical (unpaired) electrons. The molecule has 2 aromatic heterocycles. The molecular weight excluding hydrogens is 390 g/mol. The van der Waals surface area contributed by atoms with Gasteiger partial charge in [0.25, 0.3) is 0 Å². The minimum Gasteiger partial charge on any atom is -0.474 e. The second-order valence-electron chi connectivity index (χ2n) is 7.15. The number of halogens is 4. The van der Waals surface area contributed by atoms with Crippen molar-refractivity contribution in [3.8, 4) is 17.1 Å². The number of nitrogen functional groups attached to an aromatic ring is 1. The molecule has 0 aromatic carbocycles. The van der Waals surface area contributed by atoms with Crippen LogP contribution in [0, 0.1) is 18.2 Å². The number of pyridine rings is 2. The van der Waals surface area contributed by atoms with E-state index in [4.69, 9.17) is 15.9 Å². The maximum absolute atomic E-state index is 15.4. The highest BCUT2D eigenvalue weighted by Gasteiger charge is 2.38. The summed E-state index contributed by atoms with van der Waals surface area (Å²) < 4.78 is 62.2. The van der Waals surface area contributed by atoms with Crippen molar-refractivity contribution >= 4 is 17.7 Å². The first-order valence-electron chi connectivity index (χ1n) is 9.04. The number of aryl methyl sites for hydroxylation is 1. The number of ether oxygens (including phenoxy) is 1. The van der Waals surface area contributed by atoms with Crippen LogP contribution in [-0.2, 0) is 6.18 Å². The van der Waals surface area contributed by atoms with E-state index in [1.165, 1.54) is 0 Å². The first-order chi connectivity index (χ1) is 13.5. The minimum absolute atomic E-state index is 0.0170. The Labute approximate surface area is 165 Å². The van der Waals surface area contributed by atoms with Crippen LogP contribution in [0.3, 0.4) is 0 Å². The third-order valence-corrected chi connectivity index (χ3v) is 4.32. The summed E-state index contributed by atoms with van der Waals surface area (Å²) in [6, 6.07) is 0.933. The average molecular weight is 411 g/mol. The molecule has 0 amide bonds. The van der Waals surface area contributed by atoms with Gasteiger partial charge in [0, 0.05) is 17.8 Å². The smallest absolute Gasteiger partial charge is 0.418 e. The monoisotopic (exact) mass is 411 g/mol. The van der Waals surface area contributed by atoms with Gasteiger partial charge < -0.3 is 21.2 Å². The molecule has 156 valence electrons. The molecule has 10 heteroatoms. The summed E-state index contributed by atoms with van der Waals surface area (Å²) in [5, 5.41) is 10.6. The van der Waals surface area contributed by atoms with Crippen LogP contribution in [0.15, 0.2) is 6.07 Å². The van der Waals surface area contributed by atoms with Crippen LogP contribution in [0.4, 0.5) is 29.1 Å². The number of rotatable bonds is 6. The number of nitrogens with one attached hydrogen (secondary N) is 2. The Morgan fingerprint density at radius 3 is 2.48 bits per heavy atom. The van der Waals surface area contributed by atoms with Crippen molar-refractivity contribution in [2.75, 3.05) is 11.1 Å². The van der Waals surface area contributed by atoms with Gasteiger partial charge in [0.2, 0.25) is 5.88 Å². The van der Waals surface area contributed by atoms with Crippen LogP contribution in [0.1, 0.15) is 43.5 Å². The van der Waals surface area contributed by atoms with Crippen molar-refractivity contribution in [2.24, 2.45) is 0 Å². The lowest BCUT2D eigenvalue weighted by atomic mass is 10.0. The fourth-order valence-corrected chi connectivity index (χ4v) is 2.99. The van der Waals surface area contributed by atoms with Gasteiger partial charge in [0.05, 0.1) is 28.6 Å². The fraction of sp³-hybridized carbons (Fsp3) is 0.421. The lowest BCUT2D eigenvalue weighted by Crippen LogP contribution is -2.17. The topological polar surface area (TPSA) is 96.9 Å². The van der Waals surface area contributed by atoms with Gasteiger partial charge in [-0.1, -0.05) is 0 Å². The molecule has 1 aliphatic carbocycles. The Kier molecular flexibility index (Phi) is 5.38. The quantitative estimate of drug-likeness (QED) is 0.479. The highest BCUT2D eigenvalue weighted by atomic mass is 19.4. The van der Waals surface area contributed by atoms with Gasteiger partial charge >= 0.3 is 6.18 Å². The van der Waals surface area contributed by atoms with Crippen molar-refractivity contribution < 1.29 is 22.3 Å². The summed E-state index contributed by atoms with van der Waals surface area (Å²) in [7, 11) is 0. The molecule has 0 unspecified atom stereocenters. The molecule has 0 bridgehead atoms. The number of aromatic nitrogens is 2. The number of alkyl halides is 3. The Balaban J connectivity index is 2.34. The number of nitrogens with two attached hydrogens (primary N) is 1. The van der Waals surface area contributed by atoms with Crippen molar-refractivity contribution in [1.82, 2.24) is 9.97 Å². The summed E-state index contributed by atoms with van der Waals surface area (Å²) in [4.78, 5) is 7.69. The number of nitrogens with zero attached hydrogens (tertiary/aromatic N) is 2. The maximum atomic E-state index is 15.4. The van der Waals surface area contributed by atoms with E-state index in [9.17, 15) is 13.2 Å². The van der Waals surface area contributed by atoms with E-state index in [0.29, 0.717) is 0 Å². The Bertz CT molecular complexity index is 955. The molecule has 0 atom stereocenters. The van der Waals surface area contributed by atoms with E-state index < -0.39 is 28.8 Å². The molecule has 1 aliphatic rings. The highest BCUT2D eigenvalue weighted by Crippen LogP contribution is 2.43. The van der Waals surface area contributed by atoms with Crippen molar-refractivity contribution in [1.29, 1.82) is 5.41 Å². The van der Waals surface area contributed by atoms with Crippen molar-refractivity contribution in [2.45, 2.75) is 51.9 Å². The summed E-state index contributed by atoms with van der Waals surface area (Å²) in [5.41, 5.74) is 3.01. The SMILES string of the molecule is Cc1nc(N)cc(-c2nc(OC(C)C)c(C=N)c(NC3CC3)c2F)c1C(F)(F)F. The first kappa shape index (κ1) is 20.8. The fourth-order valence-electron chi connectivity index (χ4n) is 2.99. The summed E-state index contributed by atoms with van der Waals surface area (Å²) in [5.74, 6) is -1.32. The zero-order valence-electron chi connectivity index (χ0n) is 16.1. The second-order valence-corrected chi connectivity index (χ2v) is 7.15. The predicted molar refractivity (Wildman–Crippen MR) is 102 cm³/mol. The predicted octanol–water partition coefficient (Wildman–Crippen LogP) is 4.55. The molecule has 1 fully saturated rings. The minimum atomic E-state index is -4.79. The van der Waals surface area contributed by atoms with Gasteiger partial charge in [-0.05, 0) is 39.7 Å². The summed E-state index contributed by atoms with van der Waals surface area (Å²) >= 11 is 0. The van der Waals surface area contributed by atoms with E-state index in [-0.39, 0.29) is 40.8 Å². The molecule has 4 N–H and O–H groups in total. The van der Waals surface area contributed by atoms with Crippen LogP contribution >= 0.6 is 0 Å². The molecule has 29 heavy (non-hydrogen) atoms. The van der Waals surface area contributed by atoms with Crippen molar-refractivity contribution in [3.05, 3.63) is 28.7 Å². The molecule has 0 saturated heterocycles. The molecule has 6 nitrogen and oxygen atoms in total. The number of hydrogen-bond donors (Lipinski definition) is 3. The van der Waals surface area contributed by atoms with Crippen LogP contribution in [0.2, 0.25) is 0 Å². The third kappa shape index (κ3) is 4.25. The Morgan fingerprint density at radius 1 is 1.31 bits per heavy atom. The van der Waals surface area contributed by atoms with Gasteiger partial charge in [-0.2, -0.15) is 13.2 Å². The molecular formula is C19H21F4N5O. The largest absolute Gasteiger partial charge is 0.474 e. The molecule has 3 rings (SSSR count). The van der Waals surface area contributed by atoms with Crippen LogP contribution in [0.25, 0.3) is 11.3 Å². The molecule has 1 saturated carbocycles. The Hall–Kier alpha value is -2.91. The van der Waals surface area contributed by atoms with Crippen LogP contribution in [0.5, 0.6) is 5.88 Å². The van der Waals surface area contributed by atoms with Gasteiger partial charge in [-0.25, -0.2) is 14.4 Å². The van der Waals surface area contributed by atoms with E-state index in [0.717, 1.165) is 32.0 Å². The van der Waals surface area contributed by atoms with Crippen LogP contribution < -0.4 is 15.8 Å². The zero-order chi connectivity index (χ0) is 21.5.